The Morgan fingerprint density at radius 2 is 2.06 bits per heavy atom. The summed E-state index contributed by atoms with van der Waals surface area (Å²) in [6.45, 7) is 0.300. The van der Waals surface area contributed by atoms with Gasteiger partial charge in [-0.15, -0.1) is 0 Å². The predicted octanol–water partition coefficient (Wildman–Crippen LogP) is -0.202. The summed E-state index contributed by atoms with van der Waals surface area (Å²) < 4.78 is 15.4. The van der Waals surface area contributed by atoms with E-state index in [-0.39, 0.29) is 18.5 Å². The van der Waals surface area contributed by atoms with E-state index in [2.05, 4.69) is 0 Å². The monoisotopic (exact) mass is 237 g/mol. The third kappa shape index (κ3) is 1.76. The van der Waals surface area contributed by atoms with Crippen LogP contribution in [0.25, 0.3) is 10.9 Å². The quantitative estimate of drug-likeness (QED) is 0.786. The second-order valence-electron chi connectivity index (χ2n) is 3.75. The summed E-state index contributed by atoms with van der Waals surface area (Å²) in [5.41, 5.74) is 4.80. The minimum atomic E-state index is -0.507. The number of hydrogen-bond donors (Lipinski definition) is 1. The summed E-state index contributed by atoms with van der Waals surface area (Å²) in [5.74, 6) is -0.507. The molecule has 0 aliphatic heterocycles. The minimum Gasteiger partial charge on any atom is -0.329 e. The van der Waals surface area contributed by atoms with E-state index in [0.29, 0.717) is 5.52 Å². The zero-order chi connectivity index (χ0) is 12.6. The molecule has 2 N–H and O–H groups in total. The molecular weight excluding hydrogens is 225 g/mol. The van der Waals surface area contributed by atoms with E-state index in [1.165, 1.54) is 23.7 Å². The molecule has 0 unspecified atom stereocenters. The van der Waals surface area contributed by atoms with Crippen molar-refractivity contribution in [3.63, 3.8) is 0 Å². The smallest absolute Gasteiger partial charge is 0.329 e. The highest BCUT2D eigenvalue weighted by Gasteiger charge is 2.10. The molecule has 0 aliphatic rings. The van der Waals surface area contributed by atoms with Gasteiger partial charge in [0.1, 0.15) is 5.82 Å². The molecule has 0 fully saturated rings. The summed E-state index contributed by atoms with van der Waals surface area (Å²) in [5, 5.41) is 0.181. The molecule has 0 aliphatic carbocycles. The van der Waals surface area contributed by atoms with Crippen molar-refractivity contribution >= 4 is 10.9 Å². The third-order valence-electron chi connectivity index (χ3n) is 2.67. The van der Waals surface area contributed by atoms with E-state index in [0.717, 1.165) is 10.6 Å². The SMILES string of the molecule is Cn1c(=O)n(CCN)c(=O)c2cc(F)ccc21. The summed E-state index contributed by atoms with van der Waals surface area (Å²) in [6, 6.07) is 3.76. The van der Waals surface area contributed by atoms with Gasteiger partial charge in [-0.25, -0.2) is 9.18 Å². The van der Waals surface area contributed by atoms with Crippen molar-refractivity contribution in [1.29, 1.82) is 0 Å². The fraction of sp³-hybridized carbons (Fsp3) is 0.273. The van der Waals surface area contributed by atoms with Crippen molar-refractivity contribution in [2.75, 3.05) is 6.54 Å². The second-order valence-corrected chi connectivity index (χ2v) is 3.75. The van der Waals surface area contributed by atoms with Crippen molar-refractivity contribution in [1.82, 2.24) is 9.13 Å². The fourth-order valence-electron chi connectivity index (χ4n) is 1.81. The number of halogens is 1. The molecule has 2 aromatic rings. The van der Waals surface area contributed by atoms with Crippen molar-refractivity contribution in [3.05, 3.63) is 44.9 Å². The van der Waals surface area contributed by atoms with E-state index in [1.807, 2.05) is 0 Å². The van der Waals surface area contributed by atoms with Crippen LogP contribution in [0.1, 0.15) is 0 Å². The Kier molecular flexibility index (Phi) is 2.81. The summed E-state index contributed by atoms with van der Waals surface area (Å²) in [6.07, 6.45) is 0. The summed E-state index contributed by atoms with van der Waals surface area (Å²) >= 11 is 0. The molecule has 1 heterocycles. The molecule has 0 saturated carbocycles. The average molecular weight is 237 g/mol. The number of fused-ring (bicyclic) bond motifs is 1. The first-order valence-electron chi connectivity index (χ1n) is 5.15. The number of aromatic nitrogens is 2. The standard InChI is InChI=1S/C11H12FN3O2/c1-14-9-3-2-7(12)6-8(9)10(16)15(5-4-13)11(14)17/h2-3,6H,4-5,13H2,1H3. The highest BCUT2D eigenvalue weighted by molar-refractivity contribution is 5.77. The van der Waals surface area contributed by atoms with E-state index in [1.54, 1.807) is 0 Å². The first-order chi connectivity index (χ1) is 8.06. The largest absolute Gasteiger partial charge is 0.331 e. The van der Waals surface area contributed by atoms with Gasteiger partial charge in [-0.1, -0.05) is 0 Å². The lowest BCUT2D eigenvalue weighted by molar-refractivity contribution is 0.608. The van der Waals surface area contributed by atoms with Crippen LogP contribution in [0.4, 0.5) is 4.39 Å². The number of nitrogens with zero attached hydrogens (tertiary/aromatic N) is 2. The number of nitrogens with two attached hydrogens (primary N) is 1. The van der Waals surface area contributed by atoms with E-state index >= 15 is 0 Å². The van der Waals surface area contributed by atoms with Gasteiger partial charge in [0.05, 0.1) is 10.9 Å². The summed E-state index contributed by atoms with van der Waals surface area (Å²) in [4.78, 5) is 23.8. The Morgan fingerprint density at radius 1 is 1.35 bits per heavy atom. The molecule has 90 valence electrons. The highest BCUT2D eigenvalue weighted by Crippen LogP contribution is 2.09. The molecule has 1 aromatic carbocycles. The zero-order valence-electron chi connectivity index (χ0n) is 9.31. The van der Waals surface area contributed by atoms with Gasteiger partial charge >= 0.3 is 5.69 Å². The molecule has 6 heteroatoms. The van der Waals surface area contributed by atoms with Crippen molar-refractivity contribution in [2.45, 2.75) is 6.54 Å². The first-order valence-corrected chi connectivity index (χ1v) is 5.15. The molecule has 17 heavy (non-hydrogen) atoms. The van der Waals surface area contributed by atoms with Crippen LogP contribution < -0.4 is 17.0 Å². The molecule has 1 aromatic heterocycles. The zero-order valence-corrected chi connectivity index (χ0v) is 9.31. The number of benzene rings is 1. The lowest BCUT2D eigenvalue weighted by Gasteiger charge is -2.09. The van der Waals surface area contributed by atoms with Crippen LogP contribution >= 0.6 is 0 Å². The average Bonchev–Trinajstić information content (AvgIpc) is 2.32. The van der Waals surface area contributed by atoms with Crippen LogP contribution in [0.2, 0.25) is 0 Å². The van der Waals surface area contributed by atoms with E-state index in [9.17, 15) is 14.0 Å². The molecular formula is C11H12FN3O2. The highest BCUT2D eigenvalue weighted by atomic mass is 19.1. The Hall–Kier alpha value is -1.95. The molecule has 0 bridgehead atoms. The van der Waals surface area contributed by atoms with Crippen molar-refractivity contribution < 1.29 is 4.39 Å². The molecule has 0 atom stereocenters. The van der Waals surface area contributed by atoms with Gasteiger partial charge in [-0.05, 0) is 18.2 Å². The second kappa shape index (κ2) is 4.14. The van der Waals surface area contributed by atoms with Crippen LogP contribution in [0, 0.1) is 5.82 Å². The maximum Gasteiger partial charge on any atom is 0.331 e. The van der Waals surface area contributed by atoms with Gasteiger partial charge < -0.3 is 5.73 Å². The predicted molar refractivity (Wildman–Crippen MR) is 62.5 cm³/mol. The Balaban J connectivity index is 2.96. The van der Waals surface area contributed by atoms with Crippen LogP contribution in [-0.4, -0.2) is 15.7 Å². The Labute approximate surface area is 95.9 Å². The molecule has 0 spiro atoms. The van der Waals surface area contributed by atoms with Gasteiger partial charge in [0.25, 0.3) is 5.56 Å². The van der Waals surface area contributed by atoms with Gasteiger partial charge in [0.2, 0.25) is 0 Å². The number of aryl methyl sites for hydroxylation is 1. The van der Waals surface area contributed by atoms with Gasteiger partial charge in [0, 0.05) is 20.1 Å². The van der Waals surface area contributed by atoms with Crippen molar-refractivity contribution in [3.8, 4) is 0 Å². The lowest BCUT2D eigenvalue weighted by Crippen LogP contribution is -2.40. The van der Waals surface area contributed by atoms with Crippen molar-refractivity contribution in [2.24, 2.45) is 12.8 Å². The van der Waals surface area contributed by atoms with Crippen LogP contribution in [0.5, 0.6) is 0 Å². The maximum atomic E-state index is 13.1. The minimum absolute atomic E-state index is 0.123. The maximum absolute atomic E-state index is 13.1. The molecule has 5 nitrogen and oxygen atoms in total. The topological polar surface area (TPSA) is 70.0 Å². The Bertz CT molecular complexity index is 687. The number of rotatable bonds is 2. The lowest BCUT2D eigenvalue weighted by atomic mass is 10.2. The van der Waals surface area contributed by atoms with Gasteiger partial charge in [-0.2, -0.15) is 0 Å². The van der Waals surface area contributed by atoms with Gasteiger partial charge in [0.15, 0.2) is 0 Å². The molecule has 2 rings (SSSR count). The normalized spacial score (nSPS) is 11.0. The molecule has 0 saturated heterocycles. The van der Waals surface area contributed by atoms with Gasteiger partial charge in [-0.3, -0.25) is 13.9 Å². The van der Waals surface area contributed by atoms with Crippen LogP contribution in [0.15, 0.2) is 27.8 Å². The Morgan fingerprint density at radius 3 is 2.71 bits per heavy atom. The summed E-state index contributed by atoms with van der Waals surface area (Å²) in [7, 11) is 1.54. The molecule has 0 amide bonds. The number of hydrogen-bond acceptors (Lipinski definition) is 3. The first kappa shape index (κ1) is 11.5. The van der Waals surface area contributed by atoms with E-state index < -0.39 is 17.1 Å². The van der Waals surface area contributed by atoms with Crippen LogP contribution in [0.3, 0.4) is 0 Å². The fourth-order valence-corrected chi connectivity index (χ4v) is 1.81. The molecule has 0 radical (unpaired) electrons. The van der Waals surface area contributed by atoms with Crippen LogP contribution in [-0.2, 0) is 13.6 Å². The third-order valence-corrected chi connectivity index (χ3v) is 2.67. The van der Waals surface area contributed by atoms with E-state index in [4.69, 9.17) is 5.73 Å².